The van der Waals surface area contributed by atoms with Gasteiger partial charge in [-0.3, -0.25) is 9.48 Å². The fourth-order valence-electron chi connectivity index (χ4n) is 3.29. The average molecular weight is 347 g/mol. The van der Waals surface area contributed by atoms with Gasteiger partial charge in [0.2, 0.25) is 5.91 Å². The first-order valence-corrected chi connectivity index (χ1v) is 8.97. The summed E-state index contributed by atoms with van der Waals surface area (Å²) < 4.78 is 1.73. The molecule has 1 fully saturated rings. The number of piperidine rings is 1. The van der Waals surface area contributed by atoms with Crippen molar-refractivity contribution in [1.29, 1.82) is 0 Å². The van der Waals surface area contributed by atoms with Gasteiger partial charge in [0.05, 0.1) is 5.69 Å². The number of hydrogen-bond donors (Lipinski definition) is 0. The maximum absolute atomic E-state index is 12.4. The Morgan fingerprint density at radius 3 is 2.54 bits per heavy atom. The first kappa shape index (κ1) is 16.4. The molecule has 1 saturated heterocycles. The lowest BCUT2D eigenvalue weighted by Crippen LogP contribution is -2.37. The van der Waals surface area contributed by atoms with Crippen molar-refractivity contribution < 1.29 is 4.79 Å². The molecule has 1 aliphatic heterocycles. The van der Waals surface area contributed by atoms with Gasteiger partial charge in [-0.05, 0) is 37.0 Å². The zero-order chi connectivity index (χ0) is 17.8. The van der Waals surface area contributed by atoms with Gasteiger partial charge < -0.3 is 4.90 Å². The molecule has 6 heteroatoms. The van der Waals surface area contributed by atoms with E-state index < -0.39 is 0 Å². The zero-order valence-corrected chi connectivity index (χ0v) is 14.6. The molecule has 2 aromatic heterocycles. The second-order valence-corrected chi connectivity index (χ2v) is 6.55. The van der Waals surface area contributed by atoms with Gasteiger partial charge in [0.15, 0.2) is 0 Å². The first-order valence-electron chi connectivity index (χ1n) is 8.97. The molecule has 0 N–H and O–H groups in total. The number of likely N-dealkylation sites (tertiary alicyclic amines) is 1. The van der Waals surface area contributed by atoms with Crippen LogP contribution in [-0.4, -0.2) is 43.6 Å². The second-order valence-electron chi connectivity index (χ2n) is 6.55. The van der Waals surface area contributed by atoms with Crippen LogP contribution in [0.15, 0.2) is 55.2 Å². The fourth-order valence-corrected chi connectivity index (χ4v) is 3.29. The highest BCUT2D eigenvalue weighted by Gasteiger charge is 2.17. The number of hydrogen-bond acceptors (Lipinski definition) is 4. The summed E-state index contributed by atoms with van der Waals surface area (Å²) in [6.45, 7) is 2.04. The van der Waals surface area contributed by atoms with E-state index in [9.17, 15) is 4.79 Å². The molecule has 1 amide bonds. The Labute approximate surface area is 152 Å². The Morgan fingerprint density at radius 2 is 1.73 bits per heavy atom. The van der Waals surface area contributed by atoms with Gasteiger partial charge in [-0.15, -0.1) is 0 Å². The SMILES string of the molecule is O=C(Cn1ccc(-c2cccc(-c3cncnc3)c2)n1)N1CCCCC1. The maximum Gasteiger partial charge on any atom is 0.244 e. The van der Waals surface area contributed by atoms with Crippen molar-refractivity contribution in [3.63, 3.8) is 0 Å². The van der Waals surface area contributed by atoms with Crippen LogP contribution in [-0.2, 0) is 11.3 Å². The lowest BCUT2D eigenvalue weighted by atomic mass is 10.0. The molecule has 0 aliphatic carbocycles. The minimum absolute atomic E-state index is 0.148. The van der Waals surface area contributed by atoms with Crippen molar-refractivity contribution in [2.75, 3.05) is 13.1 Å². The third-order valence-corrected chi connectivity index (χ3v) is 4.70. The molecule has 0 spiro atoms. The molecule has 0 bridgehead atoms. The summed E-state index contributed by atoms with van der Waals surface area (Å²) in [5.74, 6) is 0.148. The molecule has 1 aromatic carbocycles. The van der Waals surface area contributed by atoms with Gasteiger partial charge in [-0.1, -0.05) is 18.2 Å². The van der Waals surface area contributed by atoms with Crippen molar-refractivity contribution in [3.8, 4) is 22.4 Å². The number of carbonyl (C=O) groups is 1. The molecule has 1 aliphatic rings. The fraction of sp³-hybridized carbons (Fsp3) is 0.300. The van der Waals surface area contributed by atoms with Crippen molar-refractivity contribution in [2.45, 2.75) is 25.8 Å². The molecule has 0 unspecified atom stereocenters. The summed E-state index contributed by atoms with van der Waals surface area (Å²) in [4.78, 5) is 22.5. The van der Waals surface area contributed by atoms with E-state index >= 15 is 0 Å². The predicted molar refractivity (Wildman–Crippen MR) is 99.1 cm³/mol. The van der Waals surface area contributed by atoms with Crippen molar-refractivity contribution >= 4 is 5.91 Å². The van der Waals surface area contributed by atoms with E-state index in [1.165, 1.54) is 12.7 Å². The molecule has 132 valence electrons. The van der Waals surface area contributed by atoms with E-state index in [1.54, 1.807) is 17.1 Å². The van der Waals surface area contributed by atoms with Crippen LogP contribution in [0.4, 0.5) is 0 Å². The lowest BCUT2D eigenvalue weighted by molar-refractivity contribution is -0.132. The van der Waals surface area contributed by atoms with E-state index in [2.05, 4.69) is 21.1 Å². The van der Waals surface area contributed by atoms with Crippen LogP contribution in [0.2, 0.25) is 0 Å². The van der Waals surface area contributed by atoms with Gasteiger partial charge in [0, 0.05) is 42.8 Å². The number of nitrogens with zero attached hydrogens (tertiary/aromatic N) is 5. The standard InChI is InChI=1S/C20H21N5O/c26-20(24-8-2-1-3-9-24)14-25-10-7-19(23-25)17-6-4-5-16(11-17)18-12-21-15-22-13-18/h4-7,10-13,15H,1-3,8-9,14H2. The van der Waals surface area contributed by atoms with Gasteiger partial charge >= 0.3 is 0 Å². The molecule has 0 radical (unpaired) electrons. The highest BCUT2D eigenvalue weighted by Crippen LogP contribution is 2.24. The monoisotopic (exact) mass is 347 g/mol. The number of rotatable bonds is 4. The molecule has 6 nitrogen and oxygen atoms in total. The summed E-state index contributed by atoms with van der Waals surface area (Å²) in [6, 6.07) is 10.1. The normalized spacial score (nSPS) is 14.4. The van der Waals surface area contributed by atoms with Crippen LogP contribution in [0.1, 0.15) is 19.3 Å². The van der Waals surface area contributed by atoms with Crippen LogP contribution in [0.3, 0.4) is 0 Å². The first-order chi connectivity index (χ1) is 12.8. The Kier molecular flexibility index (Phi) is 4.73. The number of carbonyl (C=O) groups excluding carboxylic acids is 1. The van der Waals surface area contributed by atoms with Gasteiger partial charge in [-0.25, -0.2) is 9.97 Å². The molecule has 4 rings (SSSR count). The summed E-state index contributed by atoms with van der Waals surface area (Å²) >= 11 is 0. The molecule has 3 heterocycles. The van der Waals surface area contributed by atoms with E-state index in [-0.39, 0.29) is 5.91 Å². The predicted octanol–water partition coefficient (Wildman–Crippen LogP) is 3.02. The third-order valence-electron chi connectivity index (χ3n) is 4.70. The Balaban J connectivity index is 1.50. The molecule has 26 heavy (non-hydrogen) atoms. The molecule has 0 atom stereocenters. The highest BCUT2D eigenvalue weighted by molar-refractivity contribution is 5.76. The second kappa shape index (κ2) is 7.47. The molecular formula is C20H21N5O. The maximum atomic E-state index is 12.4. The molecule has 0 saturated carbocycles. The Hall–Kier alpha value is -3.02. The Morgan fingerprint density at radius 1 is 0.962 bits per heavy atom. The largest absolute Gasteiger partial charge is 0.341 e. The molecular weight excluding hydrogens is 326 g/mol. The van der Waals surface area contributed by atoms with Gasteiger partial charge in [0.25, 0.3) is 0 Å². The lowest BCUT2D eigenvalue weighted by Gasteiger charge is -2.26. The molecule has 3 aromatic rings. The van der Waals surface area contributed by atoms with E-state index in [4.69, 9.17) is 0 Å². The summed E-state index contributed by atoms with van der Waals surface area (Å²) in [6.07, 6.45) is 10.4. The zero-order valence-electron chi connectivity index (χ0n) is 14.6. The van der Waals surface area contributed by atoms with Gasteiger partial charge in [0.1, 0.15) is 12.9 Å². The van der Waals surface area contributed by atoms with Crippen LogP contribution < -0.4 is 0 Å². The highest BCUT2D eigenvalue weighted by atomic mass is 16.2. The summed E-state index contributed by atoms with van der Waals surface area (Å²) in [5.41, 5.74) is 3.88. The average Bonchev–Trinajstić information content (AvgIpc) is 3.18. The topological polar surface area (TPSA) is 63.9 Å². The van der Waals surface area contributed by atoms with E-state index in [0.29, 0.717) is 6.54 Å². The van der Waals surface area contributed by atoms with Crippen molar-refractivity contribution in [3.05, 3.63) is 55.2 Å². The number of aromatic nitrogens is 4. The van der Waals surface area contributed by atoms with Crippen molar-refractivity contribution in [1.82, 2.24) is 24.6 Å². The van der Waals surface area contributed by atoms with Gasteiger partial charge in [-0.2, -0.15) is 5.10 Å². The van der Waals surface area contributed by atoms with E-state index in [1.807, 2.05) is 35.4 Å². The minimum atomic E-state index is 0.148. The van der Waals surface area contributed by atoms with Crippen LogP contribution in [0, 0.1) is 0 Å². The Bertz CT molecular complexity index is 884. The van der Waals surface area contributed by atoms with Crippen LogP contribution in [0.25, 0.3) is 22.4 Å². The summed E-state index contributed by atoms with van der Waals surface area (Å²) in [7, 11) is 0. The number of benzene rings is 1. The van der Waals surface area contributed by atoms with Crippen molar-refractivity contribution in [2.24, 2.45) is 0 Å². The van der Waals surface area contributed by atoms with Crippen LogP contribution >= 0.6 is 0 Å². The smallest absolute Gasteiger partial charge is 0.244 e. The van der Waals surface area contributed by atoms with E-state index in [0.717, 1.165) is 48.3 Å². The number of amides is 1. The quantitative estimate of drug-likeness (QED) is 0.728. The van der Waals surface area contributed by atoms with Crippen LogP contribution in [0.5, 0.6) is 0 Å². The minimum Gasteiger partial charge on any atom is -0.341 e. The summed E-state index contributed by atoms with van der Waals surface area (Å²) in [5, 5.41) is 4.59. The third kappa shape index (κ3) is 3.64.